The molecular weight excluding hydrogens is 342 g/mol. The lowest BCUT2D eigenvalue weighted by Crippen LogP contribution is -2.11. The number of thiophene rings is 1. The van der Waals surface area contributed by atoms with Crippen LogP contribution in [0.15, 0.2) is 39.8 Å². The van der Waals surface area contributed by atoms with Crippen LogP contribution in [-0.2, 0) is 0 Å². The number of hydrogen-bond donors (Lipinski definition) is 1. The van der Waals surface area contributed by atoms with Gasteiger partial charge in [0.15, 0.2) is 5.69 Å². The number of carbonyl (C=O) groups is 1. The molecule has 0 aliphatic heterocycles. The van der Waals surface area contributed by atoms with Crippen LogP contribution in [-0.4, -0.2) is 26.4 Å². The summed E-state index contributed by atoms with van der Waals surface area (Å²) in [4.78, 5) is 16.7. The molecule has 23 heavy (non-hydrogen) atoms. The predicted octanol–water partition coefficient (Wildman–Crippen LogP) is 3.24. The number of aromatic nitrogens is 4. The van der Waals surface area contributed by atoms with Gasteiger partial charge in [-0.25, -0.2) is 4.63 Å². The summed E-state index contributed by atoms with van der Waals surface area (Å²) in [6.45, 7) is 0. The summed E-state index contributed by atoms with van der Waals surface area (Å²) in [5, 5.41) is 14.7. The third kappa shape index (κ3) is 2.35. The van der Waals surface area contributed by atoms with Crippen molar-refractivity contribution >= 4 is 44.7 Å². The first kappa shape index (κ1) is 13.9. The molecule has 0 atom stereocenters. The number of nitrogens with zero attached hydrogens (tertiary/aromatic N) is 4. The second-order valence-corrected chi connectivity index (χ2v) is 5.84. The van der Waals surface area contributed by atoms with Gasteiger partial charge in [-0.15, -0.1) is 11.3 Å². The number of rotatable bonds is 3. The van der Waals surface area contributed by atoms with Crippen LogP contribution in [0.4, 0.5) is 5.82 Å². The summed E-state index contributed by atoms with van der Waals surface area (Å²) < 4.78 is 10.2. The lowest BCUT2D eigenvalue weighted by atomic mass is 10.2. The fourth-order valence-electron chi connectivity index (χ4n) is 2.02. The molecule has 0 fully saturated rings. The van der Waals surface area contributed by atoms with E-state index in [-0.39, 0.29) is 17.3 Å². The Balaban J connectivity index is 1.68. The van der Waals surface area contributed by atoms with Crippen molar-refractivity contribution < 1.29 is 13.9 Å². The summed E-state index contributed by atoms with van der Waals surface area (Å²) in [6.07, 6.45) is 1.14. The summed E-state index contributed by atoms with van der Waals surface area (Å²) >= 11 is 7.57. The molecule has 1 amide bonds. The van der Waals surface area contributed by atoms with Crippen molar-refractivity contribution in [1.82, 2.24) is 20.5 Å². The molecule has 1 N–H and O–H groups in total. The van der Waals surface area contributed by atoms with E-state index in [1.54, 1.807) is 0 Å². The molecule has 8 nitrogen and oxygen atoms in total. The van der Waals surface area contributed by atoms with Gasteiger partial charge in [0.1, 0.15) is 4.88 Å². The number of halogens is 1. The first-order valence-electron chi connectivity index (χ1n) is 6.31. The van der Waals surface area contributed by atoms with Gasteiger partial charge in [0, 0.05) is 10.1 Å². The average molecular weight is 348 g/mol. The zero-order valence-electron chi connectivity index (χ0n) is 11.2. The number of amides is 1. The van der Waals surface area contributed by atoms with Gasteiger partial charge in [0.05, 0.1) is 5.02 Å². The number of nitrogens with one attached hydrogen (secondary N) is 1. The first-order valence-corrected chi connectivity index (χ1v) is 7.51. The van der Waals surface area contributed by atoms with Gasteiger partial charge in [-0.3, -0.25) is 4.79 Å². The van der Waals surface area contributed by atoms with Gasteiger partial charge in [0.2, 0.25) is 18.0 Å². The Morgan fingerprint density at radius 1 is 1.22 bits per heavy atom. The lowest BCUT2D eigenvalue weighted by molar-refractivity contribution is 0.103. The van der Waals surface area contributed by atoms with Crippen LogP contribution in [0.25, 0.3) is 21.6 Å². The third-order valence-corrected chi connectivity index (χ3v) is 4.71. The largest absolute Gasteiger partial charge is 0.342 e. The van der Waals surface area contributed by atoms with Gasteiger partial charge in [-0.1, -0.05) is 35.0 Å². The molecule has 0 bridgehead atoms. The first-order chi connectivity index (χ1) is 11.2. The molecule has 0 spiro atoms. The normalized spacial score (nSPS) is 11.0. The molecule has 3 aromatic heterocycles. The highest BCUT2D eigenvalue weighted by molar-refractivity contribution is 7.21. The maximum atomic E-state index is 12.5. The molecule has 10 heteroatoms. The van der Waals surface area contributed by atoms with Gasteiger partial charge < -0.3 is 9.84 Å². The van der Waals surface area contributed by atoms with Crippen LogP contribution in [0.3, 0.4) is 0 Å². The van der Waals surface area contributed by atoms with E-state index in [4.69, 9.17) is 11.6 Å². The second kappa shape index (κ2) is 5.45. The molecule has 1 aromatic carbocycles. The fraction of sp³-hybridized carbons (Fsp3) is 0. The lowest BCUT2D eigenvalue weighted by Gasteiger charge is -1.99. The predicted molar refractivity (Wildman–Crippen MR) is 82.4 cm³/mol. The molecule has 0 aliphatic rings. The molecular formula is C13H6ClN5O3S. The van der Waals surface area contributed by atoms with E-state index in [2.05, 4.69) is 34.9 Å². The van der Waals surface area contributed by atoms with Crippen LogP contribution in [0.2, 0.25) is 5.02 Å². The van der Waals surface area contributed by atoms with E-state index >= 15 is 0 Å². The Morgan fingerprint density at radius 3 is 2.87 bits per heavy atom. The maximum absolute atomic E-state index is 12.5. The Labute approximate surface area is 137 Å². The minimum atomic E-state index is -0.420. The van der Waals surface area contributed by atoms with Gasteiger partial charge >= 0.3 is 0 Å². The van der Waals surface area contributed by atoms with Crippen LogP contribution >= 0.6 is 22.9 Å². The zero-order chi connectivity index (χ0) is 15.8. The van der Waals surface area contributed by atoms with Crippen molar-refractivity contribution in [3.63, 3.8) is 0 Å². The van der Waals surface area contributed by atoms with Crippen LogP contribution in [0.5, 0.6) is 0 Å². The monoisotopic (exact) mass is 347 g/mol. The summed E-state index contributed by atoms with van der Waals surface area (Å²) in [5.74, 6) is -0.175. The molecule has 4 aromatic rings. The Bertz CT molecular complexity index is 994. The fourth-order valence-corrected chi connectivity index (χ4v) is 3.43. The summed E-state index contributed by atoms with van der Waals surface area (Å²) in [7, 11) is 0. The van der Waals surface area contributed by atoms with Gasteiger partial charge in [-0.05, 0) is 16.4 Å². The van der Waals surface area contributed by atoms with Crippen LogP contribution in [0.1, 0.15) is 9.67 Å². The smallest absolute Gasteiger partial charge is 0.268 e. The second-order valence-electron chi connectivity index (χ2n) is 4.41. The highest BCUT2D eigenvalue weighted by Gasteiger charge is 2.22. The highest BCUT2D eigenvalue weighted by Crippen LogP contribution is 2.35. The van der Waals surface area contributed by atoms with Crippen molar-refractivity contribution in [2.75, 3.05) is 5.32 Å². The Morgan fingerprint density at radius 2 is 2.09 bits per heavy atom. The van der Waals surface area contributed by atoms with Gasteiger partial charge in [0.25, 0.3) is 5.91 Å². The number of anilines is 1. The van der Waals surface area contributed by atoms with Crippen LogP contribution in [0, 0.1) is 0 Å². The Hall–Kier alpha value is -2.78. The van der Waals surface area contributed by atoms with E-state index in [9.17, 15) is 4.79 Å². The van der Waals surface area contributed by atoms with E-state index in [0.29, 0.717) is 9.90 Å². The SMILES string of the molecule is O=C(Nc1nonc1-c1ncon1)c1sc2ccccc2c1Cl. The summed E-state index contributed by atoms with van der Waals surface area (Å²) in [5.41, 5.74) is 0.171. The molecule has 0 unspecified atom stereocenters. The average Bonchev–Trinajstić information content (AvgIpc) is 3.27. The summed E-state index contributed by atoms with van der Waals surface area (Å²) in [6, 6.07) is 7.49. The molecule has 4 rings (SSSR count). The quantitative estimate of drug-likeness (QED) is 0.606. The Kier molecular flexibility index (Phi) is 3.28. The molecule has 0 aliphatic carbocycles. The standard InChI is InChI=1S/C13H6ClN5O3S/c14-8-6-3-1-2-4-7(6)23-10(8)13(20)16-12-9(17-22-19-12)11-15-5-21-18-11/h1-5H,(H,16,19,20). The molecule has 114 valence electrons. The number of hydrogen-bond acceptors (Lipinski definition) is 8. The van der Waals surface area contributed by atoms with E-state index in [0.717, 1.165) is 16.5 Å². The number of benzene rings is 1. The molecule has 0 saturated carbocycles. The zero-order valence-corrected chi connectivity index (χ0v) is 12.8. The van der Waals surface area contributed by atoms with Gasteiger partial charge in [-0.2, -0.15) is 4.98 Å². The van der Waals surface area contributed by atoms with E-state index in [1.807, 2.05) is 24.3 Å². The molecule has 3 heterocycles. The van der Waals surface area contributed by atoms with Crippen LogP contribution < -0.4 is 5.32 Å². The third-order valence-electron chi connectivity index (χ3n) is 3.03. The van der Waals surface area contributed by atoms with Crippen molar-refractivity contribution in [1.29, 1.82) is 0 Å². The van der Waals surface area contributed by atoms with Crippen molar-refractivity contribution in [2.24, 2.45) is 0 Å². The minimum Gasteiger partial charge on any atom is -0.342 e. The van der Waals surface area contributed by atoms with Crippen molar-refractivity contribution in [2.45, 2.75) is 0 Å². The maximum Gasteiger partial charge on any atom is 0.268 e. The van der Waals surface area contributed by atoms with E-state index in [1.165, 1.54) is 11.3 Å². The molecule has 0 radical (unpaired) electrons. The van der Waals surface area contributed by atoms with Crippen molar-refractivity contribution in [3.05, 3.63) is 40.6 Å². The topological polar surface area (TPSA) is 107 Å². The molecule has 0 saturated heterocycles. The minimum absolute atomic E-state index is 0.0879. The van der Waals surface area contributed by atoms with Crippen molar-refractivity contribution in [3.8, 4) is 11.5 Å². The number of carbonyl (C=O) groups excluding carboxylic acids is 1. The van der Waals surface area contributed by atoms with E-state index < -0.39 is 5.91 Å². The highest BCUT2D eigenvalue weighted by atomic mass is 35.5. The number of fused-ring (bicyclic) bond motifs is 1.